The number of aliphatic carboxylic acids is 1. The van der Waals surface area contributed by atoms with Gasteiger partial charge in [-0.1, -0.05) is 0 Å². The molecule has 1 aliphatic heterocycles. The molecule has 1 spiro atoms. The van der Waals surface area contributed by atoms with Crippen LogP contribution >= 0.6 is 0 Å². The second kappa shape index (κ2) is 4.64. The quantitative estimate of drug-likeness (QED) is 0.788. The van der Waals surface area contributed by atoms with E-state index in [1.807, 2.05) is 4.90 Å². The van der Waals surface area contributed by atoms with Crippen molar-refractivity contribution < 1.29 is 19.4 Å². The summed E-state index contributed by atoms with van der Waals surface area (Å²) < 4.78 is 4.88. The summed E-state index contributed by atoms with van der Waals surface area (Å²) >= 11 is 0. The third-order valence-electron chi connectivity index (χ3n) is 4.12. The number of methoxy groups -OCH3 is 1. The zero-order valence-corrected chi connectivity index (χ0v) is 10.1. The summed E-state index contributed by atoms with van der Waals surface area (Å²) in [5.74, 6) is -0.725. The van der Waals surface area contributed by atoms with Crippen LogP contribution in [0.2, 0.25) is 0 Å². The molecule has 0 aromatic heterocycles. The van der Waals surface area contributed by atoms with E-state index in [1.165, 1.54) is 0 Å². The number of ether oxygens (including phenoxy) is 1. The predicted octanol–water partition coefficient (Wildman–Crippen LogP) is 0.736. The van der Waals surface area contributed by atoms with Crippen molar-refractivity contribution >= 4 is 11.9 Å². The third-order valence-corrected chi connectivity index (χ3v) is 4.12. The molecule has 0 aromatic carbocycles. The van der Waals surface area contributed by atoms with Crippen molar-refractivity contribution in [1.29, 1.82) is 0 Å². The standard InChI is InChI=1S/C12H19NO4/c1-17-7-2-10(14)13-5-3-12(4-6-13)8-9(12)11(15)16/h9H,2-8H2,1H3,(H,15,16). The molecule has 0 bridgehead atoms. The Morgan fingerprint density at radius 2 is 2.06 bits per heavy atom. The Morgan fingerprint density at radius 1 is 1.41 bits per heavy atom. The van der Waals surface area contributed by atoms with E-state index < -0.39 is 5.97 Å². The first-order valence-electron chi connectivity index (χ1n) is 6.08. The minimum Gasteiger partial charge on any atom is -0.481 e. The molecule has 1 heterocycles. The Hall–Kier alpha value is -1.10. The Morgan fingerprint density at radius 3 is 2.53 bits per heavy atom. The van der Waals surface area contributed by atoms with Gasteiger partial charge in [0.2, 0.25) is 5.91 Å². The number of piperidine rings is 1. The van der Waals surface area contributed by atoms with Crippen LogP contribution in [0.3, 0.4) is 0 Å². The average Bonchev–Trinajstić information content (AvgIpc) is 3.01. The number of hydrogen-bond donors (Lipinski definition) is 1. The first kappa shape index (κ1) is 12.4. The van der Waals surface area contributed by atoms with Gasteiger partial charge in [0.05, 0.1) is 18.9 Å². The van der Waals surface area contributed by atoms with Crippen molar-refractivity contribution in [3.63, 3.8) is 0 Å². The molecule has 96 valence electrons. The topological polar surface area (TPSA) is 66.8 Å². The minimum atomic E-state index is -0.677. The lowest BCUT2D eigenvalue weighted by Gasteiger charge is -2.32. The molecule has 0 radical (unpaired) electrons. The lowest BCUT2D eigenvalue weighted by molar-refractivity contribution is -0.140. The number of hydrogen-bond acceptors (Lipinski definition) is 3. The van der Waals surface area contributed by atoms with Gasteiger partial charge in [-0.15, -0.1) is 0 Å². The van der Waals surface area contributed by atoms with Crippen molar-refractivity contribution in [1.82, 2.24) is 4.90 Å². The average molecular weight is 241 g/mol. The number of carbonyl (C=O) groups excluding carboxylic acids is 1. The monoisotopic (exact) mass is 241 g/mol. The Labute approximate surface area is 101 Å². The molecule has 0 aromatic rings. The third kappa shape index (κ3) is 2.44. The van der Waals surface area contributed by atoms with Crippen LogP contribution in [0.15, 0.2) is 0 Å². The highest BCUT2D eigenvalue weighted by Crippen LogP contribution is 2.59. The number of amides is 1. The molecule has 1 amide bonds. The van der Waals surface area contributed by atoms with E-state index in [2.05, 4.69) is 0 Å². The molecule has 5 heteroatoms. The Balaban J connectivity index is 1.79. The molecular weight excluding hydrogens is 222 g/mol. The zero-order valence-electron chi connectivity index (χ0n) is 10.1. The van der Waals surface area contributed by atoms with Crippen LogP contribution in [-0.4, -0.2) is 48.7 Å². The zero-order chi connectivity index (χ0) is 12.5. The van der Waals surface area contributed by atoms with Crippen molar-refractivity contribution in [3.05, 3.63) is 0 Å². The molecule has 2 aliphatic rings. The summed E-state index contributed by atoms with van der Waals surface area (Å²) in [6.07, 6.45) is 2.89. The molecule has 17 heavy (non-hydrogen) atoms. The number of rotatable bonds is 4. The number of carboxylic acid groups (broad SMARTS) is 1. The molecule has 1 saturated carbocycles. The molecule has 1 N–H and O–H groups in total. The fourth-order valence-electron chi connectivity index (χ4n) is 2.80. The van der Waals surface area contributed by atoms with Crippen LogP contribution in [0.1, 0.15) is 25.7 Å². The first-order chi connectivity index (χ1) is 8.09. The van der Waals surface area contributed by atoms with Gasteiger partial charge in [0.1, 0.15) is 0 Å². The van der Waals surface area contributed by atoms with Crippen molar-refractivity contribution in [2.45, 2.75) is 25.7 Å². The molecule has 1 unspecified atom stereocenters. The van der Waals surface area contributed by atoms with Gasteiger partial charge in [0.25, 0.3) is 0 Å². The van der Waals surface area contributed by atoms with E-state index in [0.717, 1.165) is 19.3 Å². The second-order valence-corrected chi connectivity index (χ2v) is 5.08. The summed E-state index contributed by atoms with van der Waals surface area (Å²) in [5, 5.41) is 8.96. The van der Waals surface area contributed by atoms with Gasteiger partial charge in [-0.25, -0.2) is 0 Å². The minimum absolute atomic E-state index is 0.00384. The van der Waals surface area contributed by atoms with Crippen LogP contribution in [0.4, 0.5) is 0 Å². The van der Waals surface area contributed by atoms with E-state index >= 15 is 0 Å². The van der Waals surface area contributed by atoms with Gasteiger partial charge in [-0.05, 0) is 24.7 Å². The van der Waals surface area contributed by atoms with E-state index in [9.17, 15) is 9.59 Å². The normalized spacial score (nSPS) is 25.9. The van der Waals surface area contributed by atoms with Crippen LogP contribution in [0, 0.1) is 11.3 Å². The van der Waals surface area contributed by atoms with E-state index in [0.29, 0.717) is 26.1 Å². The molecule has 2 rings (SSSR count). The van der Waals surface area contributed by atoms with Gasteiger partial charge < -0.3 is 14.7 Å². The van der Waals surface area contributed by atoms with Crippen molar-refractivity contribution in [2.24, 2.45) is 11.3 Å². The molecule has 5 nitrogen and oxygen atoms in total. The number of nitrogens with zero attached hydrogens (tertiary/aromatic N) is 1. The fraction of sp³-hybridized carbons (Fsp3) is 0.833. The predicted molar refractivity (Wildman–Crippen MR) is 60.5 cm³/mol. The van der Waals surface area contributed by atoms with E-state index in [1.54, 1.807) is 7.11 Å². The fourth-order valence-corrected chi connectivity index (χ4v) is 2.80. The molecule has 1 saturated heterocycles. The van der Waals surface area contributed by atoms with Gasteiger partial charge in [-0.2, -0.15) is 0 Å². The maximum atomic E-state index is 11.7. The molecular formula is C12H19NO4. The van der Waals surface area contributed by atoms with Gasteiger partial charge in [0.15, 0.2) is 0 Å². The first-order valence-corrected chi connectivity index (χ1v) is 6.08. The Kier molecular flexibility index (Phi) is 3.38. The van der Waals surface area contributed by atoms with E-state index in [-0.39, 0.29) is 17.2 Å². The second-order valence-electron chi connectivity index (χ2n) is 5.08. The lowest BCUT2D eigenvalue weighted by atomic mass is 9.90. The summed E-state index contributed by atoms with van der Waals surface area (Å²) in [5.41, 5.74) is 0.00384. The molecule has 1 aliphatic carbocycles. The van der Waals surface area contributed by atoms with Crippen molar-refractivity contribution in [3.8, 4) is 0 Å². The summed E-state index contributed by atoms with van der Waals surface area (Å²) in [6.45, 7) is 1.86. The largest absolute Gasteiger partial charge is 0.481 e. The number of carboxylic acids is 1. The van der Waals surface area contributed by atoms with Crippen LogP contribution in [0.25, 0.3) is 0 Å². The van der Waals surface area contributed by atoms with Gasteiger partial charge >= 0.3 is 5.97 Å². The van der Waals surface area contributed by atoms with Crippen LogP contribution < -0.4 is 0 Å². The SMILES string of the molecule is COCCC(=O)N1CCC2(CC1)CC2C(=O)O. The van der Waals surface area contributed by atoms with Crippen LogP contribution in [0.5, 0.6) is 0 Å². The molecule has 2 fully saturated rings. The van der Waals surface area contributed by atoms with Crippen LogP contribution in [-0.2, 0) is 14.3 Å². The Bertz CT molecular complexity index is 320. The summed E-state index contributed by atoms with van der Waals surface area (Å²) in [4.78, 5) is 24.5. The molecule has 1 atom stereocenters. The number of carbonyl (C=O) groups is 2. The highest BCUT2D eigenvalue weighted by atomic mass is 16.5. The van der Waals surface area contributed by atoms with Crippen molar-refractivity contribution in [2.75, 3.05) is 26.8 Å². The maximum Gasteiger partial charge on any atom is 0.307 e. The number of likely N-dealkylation sites (tertiary alicyclic amines) is 1. The van der Waals surface area contributed by atoms with Gasteiger partial charge in [-0.3, -0.25) is 9.59 Å². The maximum absolute atomic E-state index is 11.7. The highest BCUT2D eigenvalue weighted by molar-refractivity contribution is 5.77. The lowest BCUT2D eigenvalue weighted by Crippen LogP contribution is -2.40. The van der Waals surface area contributed by atoms with E-state index in [4.69, 9.17) is 9.84 Å². The summed E-state index contributed by atoms with van der Waals surface area (Å²) in [6, 6.07) is 0. The summed E-state index contributed by atoms with van der Waals surface area (Å²) in [7, 11) is 1.58. The highest BCUT2D eigenvalue weighted by Gasteiger charge is 2.59. The van der Waals surface area contributed by atoms with Gasteiger partial charge in [0, 0.05) is 20.2 Å². The smallest absolute Gasteiger partial charge is 0.307 e.